The number of aryl methyl sites for hydroxylation is 1. The van der Waals surface area contributed by atoms with Gasteiger partial charge in [0.05, 0.1) is 18.6 Å². The highest BCUT2D eigenvalue weighted by Gasteiger charge is 2.44. The molecular formula is C15H22F2N4O. The summed E-state index contributed by atoms with van der Waals surface area (Å²) in [5, 5.41) is 2.66. The molecule has 3 heterocycles. The number of amides is 1. The zero-order valence-electron chi connectivity index (χ0n) is 12.8. The minimum Gasteiger partial charge on any atom is -0.339 e. The van der Waals surface area contributed by atoms with Crippen molar-refractivity contribution in [2.45, 2.75) is 50.6 Å². The molecule has 0 bridgehead atoms. The average Bonchev–Trinajstić information content (AvgIpc) is 3.12. The lowest BCUT2D eigenvalue weighted by molar-refractivity contribution is -0.135. The zero-order chi connectivity index (χ0) is 15.7. The van der Waals surface area contributed by atoms with Crippen LogP contribution >= 0.6 is 0 Å². The van der Waals surface area contributed by atoms with Gasteiger partial charge < -0.3 is 9.47 Å². The lowest BCUT2D eigenvalue weighted by Crippen LogP contribution is -2.48. The van der Waals surface area contributed by atoms with Crippen LogP contribution < -0.4 is 5.32 Å². The Morgan fingerprint density at radius 2 is 2.36 bits per heavy atom. The van der Waals surface area contributed by atoms with E-state index in [4.69, 9.17) is 0 Å². The quantitative estimate of drug-likeness (QED) is 0.922. The maximum Gasteiger partial charge on any atom is 0.262 e. The van der Waals surface area contributed by atoms with E-state index in [0.29, 0.717) is 13.1 Å². The van der Waals surface area contributed by atoms with Gasteiger partial charge in [0.15, 0.2) is 0 Å². The molecule has 0 aromatic carbocycles. The van der Waals surface area contributed by atoms with E-state index >= 15 is 0 Å². The van der Waals surface area contributed by atoms with Crippen LogP contribution in [0.1, 0.15) is 38.1 Å². The smallest absolute Gasteiger partial charge is 0.262 e. The number of alkyl halides is 2. The van der Waals surface area contributed by atoms with E-state index in [-0.39, 0.29) is 11.9 Å². The van der Waals surface area contributed by atoms with Crippen LogP contribution in [0.5, 0.6) is 0 Å². The number of piperidine rings is 1. The highest BCUT2D eigenvalue weighted by atomic mass is 19.3. The summed E-state index contributed by atoms with van der Waals surface area (Å²) in [6, 6.07) is -0.556. The summed E-state index contributed by atoms with van der Waals surface area (Å²) in [7, 11) is 0. The Balaban J connectivity index is 1.67. The summed E-state index contributed by atoms with van der Waals surface area (Å²) >= 11 is 0. The van der Waals surface area contributed by atoms with Crippen LogP contribution in [-0.2, 0) is 11.2 Å². The van der Waals surface area contributed by atoms with Gasteiger partial charge in [-0.15, -0.1) is 0 Å². The van der Waals surface area contributed by atoms with E-state index in [0.717, 1.165) is 25.1 Å². The van der Waals surface area contributed by atoms with Gasteiger partial charge in [0.1, 0.15) is 5.82 Å². The third kappa shape index (κ3) is 2.99. The highest BCUT2D eigenvalue weighted by Crippen LogP contribution is 2.28. The maximum absolute atomic E-state index is 13.3. The largest absolute Gasteiger partial charge is 0.339 e. The molecule has 0 spiro atoms. The first-order valence-corrected chi connectivity index (χ1v) is 7.92. The lowest BCUT2D eigenvalue weighted by Gasteiger charge is -2.35. The summed E-state index contributed by atoms with van der Waals surface area (Å²) in [6.07, 6.45) is 6.05. The molecule has 0 radical (unpaired) electrons. The van der Waals surface area contributed by atoms with Crippen molar-refractivity contribution < 1.29 is 13.6 Å². The molecule has 22 heavy (non-hydrogen) atoms. The monoisotopic (exact) mass is 312 g/mol. The first-order valence-electron chi connectivity index (χ1n) is 7.92. The fraction of sp³-hybridized carbons (Fsp3) is 0.733. The number of carbonyl (C=O) groups is 1. The van der Waals surface area contributed by atoms with Gasteiger partial charge in [-0.2, -0.15) is 0 Å². The Hall–Kier alpha value is -1.50. The van der Waals surface area contributed by atoms with Gasteiger partial charge in [0.2, 0.25) is 5.91 Å². The van der Waals surface area contributed by atoms with Gasteiger partial charge in [0, 0.05) is 38.3 Å². The number of rotatable bonds is 3. The Morgan fingerprint density at radius 1 is 1.55 bits per heavy atom. The van der Waals surface area contributed by atoms with Crippen LogP contribution in [0.3, 0.4) is 0 Å². The van der Waals surface area contributed by atoms with Gasteiger partial charge in [-0.05, 0) is 12.8 Å². The number of carbonyl (C=O) groups excluding carboxylic acids is 1. The first kappa shape index (κ1) is 15.4. The van der Waals surface area contributed by atoms with E-state index in [9.17, 15) is 13.6 Å². The molecule has 2 aliphatic heterocycles. The van der Waals surface area contributed by atoms with Crippen molar-refractivity contribution >= 4 is 5.91 Å². The molecule has 2 atom stereocenters. The Labute approximate surface area is 128 Å². The molecule has 3 rings (SSSR count). The van der Waals surface area contributed by atoms with Gasteiger partial charge >= 0.3 is 0 Å². The van der Waals surface area contributed by atoms with Crippen LogP contribution in [0.4, 0.5) is 8.78 Å². The molecule has 1 N–H and O–H groups in total. The average molecular weight is 312 g/mol. The van der Waals surface area contributed by atoms with Crippen molar-refractivity contribution in [2.24, 2.45) is 0 Å². The number of nitrogens with zero attached hydrogens (tertiary/aromatic N) is 3. The van der Waals surface area contributed by atoms with Gasteiger partial charge in [0.25, 0.3) is 5.92 Å². The van der Waals surface area contributed by atoms with E-state index < -0.39 is 24.9 Å². The van der Waals surface area contributed by atoms with E-state index in [1.807, 2.05) is 6.20 Å². The van der Waals surface area contributed by atoms with Gasteiger partial charge in [-0.3, -0.25) is 10.1 Å². The second kappa shape index (κ2) is 5.95. The normalized spacial score (nSPS) is 28.0. The number of hydrogen-bond donors (Lipinski definition) is 1. The summed E-state index contributed by atoms with van der Waals surface area (Å²) in [5.41, 5.74) is 0. The summed E-state index contributed by atoms with van der Waals surface area (Å²) < 4.78 is 28.7. The number of nitrogens with one attached hydrogen (secondary N) is 1. The number of hydrogen-bond acceptors (Lipinski definition) is 3. The molecular weight excluding hydrogens is 290 g/mol. The highest BCUT2D eigenvalue weighted by molar-refractivity contribution is 5.82. The van der Waals surface area contributed by atoms with Crippen LogP contribution in [-0.4, -0.2) is 52.0 Å². The van der Waals surface area contributed by atoms with Crippen molar-refractivity contribution in [3.8, 4) is 0 Å². The number of aromatic nitrogens is 2. The molecule has 1 aromatic rings. The predicted octanol–water partition coefficient (Wildman–Crippen LogP) is 1.61. The first-order chi connectivity index (χ1) is 10.5. The summed E-state index contributed by atoms with van der Waals surface area (Å²) in [6.45, 7) is 2.87. The minimum atomic E-state index is -2.77. The number of likely N-dealkylation sites (tertiary alicyclic amines) is 1. The third-order valence-electron chi connectivity index (χ3n) is 4.57. The van der Waals surface area contributed by atoms with Crippen LogP contribution in [0.15, 0.2) is 12.4 Å². The fourth-order valence-electron chi connectivity index (χ4n) is 3.44. The second-order valence-electron chi connectivity index (χ2n) is 6.18. The van der Waals surface area contributed by atoms with Gasteiger partial charge in [-0.1, -0.05) is 6.92 Å². The molecule has 2 fully saturated rings. The summed E-state index contributed by atoms with van der Waals surface area (Å²) in [4.78, 5) is 18.5. The molecule has 0 aliphatic carbocycles. The lowest BCUT2D eigenvalue weighted by atomic mass is 10.0. The molecule has 1 amide bonds. The van der Waals surface area contributed by atoms with Crippen molar-refractivity contribution in [1.82, 2.24) is 19.8 Å². The molecule has 0 saturated carbocycles. The molecule has 5 nitrogen and oxygen atoms in total. The van der Waals surface area contributed by atoms with Crippen LogP contribution in [0.25, 0.3) is 0 Å². The molecule has 1 aromatic heterocycles. The zero-order valence-corrected chi connectivity index (χ0v) is 12.8. The second-order valence-corrected chi connectivity index (χ2v) is 6.18. The molecule has 7 heteroatoms. The van der Waals surface area contributed by atoms with Crippen molar-refractivity contribution in [3.63, 3.8) is 0 Å². The topological polar surface area (TPSA) is 50.2 Å². The minimum absolute atomic E-state index is 0.192. The Bertz CT molecular complexity index is 545. The number of imidazole rings is 1. The van der Waals surface area contributed by atoms with Gasteiger partial charge in [-0.25, -0.2) is 13.8 Å². The molecule has 122 valence electrons. The standard InChI is InChI=1S/C15H22F2N4O/c1-2-13-18-5-7-21(13)11-4-3-6-20(9-11)14(22)12-8-15(16,17)10-19-12/h5,7,11-12,19H,2-4,6,8-10H2,1H3. The Kier molecular flexibility index (Phi) is 4.16. The van der Waals surface area contributed by atoms with Crippen LogP contribution in [0.2, 0.25) is 0 Å². The third-order valence-corrected chi connectivity index (χ3v) is 4.57. The summed E-state index contributed by atoms with van der Waals surface area (Å²) in [5.74, 6) is -1.96. The number of halogens is 2. The van der Waals surface area contributed by atoms with E-state index in [1.54, 1.807) is 11.1 Å². The van der Waals surface area contributed by atoms with E-state index in [2.05, 4.69) is 21.8 Å². The Morgan fingerprint density at radius 3 is 3.05 bits per heavy atom. The predicted molar refractivity (Wildman–Crippen MR) is 77.8 cm³/mol. The molecule has 2 saturated heterocycles. The molecule has 2 aliphatic rings. The van der Waals surface area contributed by atoms with Crippen molar-refractivity contribution in [1.29, 1.82) is 0 Å². The fourth-order valence-corrected chi connectivity index (χ4v) is 3.44. The van der Waals surface area contributed by atoms with E-state index in [1.165, 1.54) is 0 Å². The van der Waals surface area contributed by atoms with Crippen LogP contribution in [0, 0.1) is 0 Å². The molecule has 2 unspecified atom stereocenters. The van der Waals surface area contributed by atoms with Crippen molar-refractivity contribution in [3.05, 3.63) is 18.2 Å². The SMILES string of the molecule is CCc1nccn1C1CCCN(C(=O)C2CC(F)(F)CN2)C1. The maximum atomic E-state index is 13.3. The van der Waals surface area contributed by atoms with Crippen molar-refractivity contribution in [2.75, 3.05) is 19.6 Å².